The van der Waals surface area contributed by atoms with Gasteiger partial charge in [-0.2, -0.15) is 18.4 Å². The first-order chi connectivity index (χ1) is 9.33. The van der Waals surface area contributed by atoms with Crippen molar-refractivity contribution in [1.82, 2.24) is 0 Å². The monoisotopic (exact) mass is 349 g/mol. The van der Waals surface area contributed by atoms with Gasteiger partial charge in [0.2, 0.25) is 0 Å². The van der Waals surface area contributed by atoms with Crippen molar-refractivity contribution < 1.29 is 22.7 Å². The summed E-state index contributed by atoms with van der Waals surface area (Å²) < 4.78 is 44.0. The minimum absolute atomic E-state index is 0.0623. The molecule has 0 N–H and O–H groups in total. The van der Waals surface area contributed by atoms with E-state index in [-0.39, 0.29) is 28.6 Å². The number of rotatable bonds is 4. The fourth-order valence-corrected chi connectivity index (χ4v) is 2.25. The lowest BCUT2D eigenvalue weighted by Crippen LogP contribution is -2.17. The van der Waals surface area contributed by atoms with Crippen molar-refractivity contribution in [1.29, 1.82) is 5.26 Å². The molecule has 1 aromatic rings. The summed E-state index contributed by atoms with van der Waals surface area (Å²) in [6.07, 6.45) is -5.11. The topological polar surface area (TPSA) is 50.1 Å². The van der Waals surface area contributed by atoms with E-state index in [0.29, 0.717) is 0 Å². The minimum atomic E-state index is -4.60. The number of hydrogen-bond donors (Lipinski definition) is 0. The van der Waals surface area contributed by atoms with Crippen molar-refractivity contribution in [2.75, 3.05) is 6.61 Å². The molecule has 0 fully saturated rings. The van der Waals surface area contributed by atoms with Crippen LogP contribution in [0.2, 0.25) is 0 Å². The highest BCUT2D eigenvalue weighted by atomic mass is 79.9. The molecular formula is C13H11BrF3NO2. The number of halogens is 4. The summed E-state index contributed by atoms with van der Waals surface area (Å²) in [5.41, 5.74) is -1.13. The second-order valence-corrected chi connectivity index (χ2v) is 4.46. The summed E-state index contributed by atoms with van der Waals surface area (Å²) >= 11 is 2.97. The van der Waals surface area contributed by atoms with Crippen LogP contribution in [-0.4, -0.2) is 12.6 Å². The maximum atomic E-state index is 13.1. The number of carbonyl (C=O) groups is 1. The van der Waals surface area contributed by atoms with Crippen LogP contribution in [-0.2, 0) is 27.5 Å². The second-order valence-electron chi connectivity index (χ2n) is 3.89. The number of ether oxygens (including phenoxy) is 1. The molecular weight excluding hydrogens is 339 g/mol. The highest BCUT2D eigenvalue weighted by Gasteiger charge is 2.36. The van der Waals surface area contributed by atoms with Gasteiger partial charge in [0, 0.05) is 5.33 Å². The van der Waals surface area contributed by atoms with E-state index in [4.69, 9.17) is 5.26 Å². The predicted octanol–water partition coefficient (Wildman–Crippen LogP) is 3.58. The van der Waals surface area contributed by atoms with Gasteiger partial charge in [0.25, 0.3) is 0 Å². The number of carbonyl (C=O) groups excluding carboxylic acids is 1. The van der Waals surface area contributed by atoms with E-state index >= 15 is 0 Å². The Labute approximate surface area is 122 Å². The molecule has 1 rings (SSSR count). The molecule has 0 saturated carbocycles. The smallest absolute Gasteiger partial charge is 0.416 e. The third-order valence-electron chi connectivity index (χ3n) is 2.50. The van der Waals surface area contributed by atoms with Gasteiger partial charge in [0.15, 0.2) is 0 Å². The second kappa shape index (κ2) is 6.75. The van der Waals surface area contributed by atoms with Crippen molar-refractivity contribution in [3.8, 4) is 6.07 Å². The first kappa shape index (κ1) is 16.5. The van der Waals surface area contributed by atoms with Gasteiger partial charge >= 0.3 is 12.1 Å². The summed E-state index contributed by atoms with van der Waals surface area (Å²) in [5, 5.41) is 8.79. The van der Waals surface area contributed by atoms with Crippen LogP contribution in [0.4, 0.5) is 13.2 Å². The zero-order valence-electron chi connectivity index (χ0n) is 10.6. The number of nitriles is 1. The largest absolute Gasteiger partial charge is 0.466 e. The van der Waals surface area contributed by atoms with Crippen LogP contribution < -0.4 is 0 Å². The Morgan fingerprint density at radius 1 is 1.40 bits per heavy atom. The van der Waals surface area contributed by atoms with E-state index in [9.17, 15) is 18.0 Å². The normalized spacial score (nSPS) is 11.0. The Morgan fingerprint density at radius 2 is 2.00 bits per heavy atom. The Kier molecular flexibility index (Phi) is 5.57. The van der Waals surface area contributed by atoms with Gasteiger partial charge in [-0.3, -0.25) is 4.79 Å². The molecule has 0 spiro atoms. The zero-order chi connectivity index (χ0) is 15.3. The Balaban J connectivity index is 3.38. The number of nitrogens with zero attached hydrogens (tertiary/aromatic N) is 1. The molecule has 0 aromatic heterocycles. The van der Waals surface area contributed by atoms with Crippen LogP contribution in [0.1, 0.15) is 29.2 Å². The lowest BCUT2D eigenvalue weighted by molar-refractivity contribution is -0.143. The molecule has 0 heterocycles. The van der Waals surface area contributed by atoms with Gasteiger partial charge in [0.05, 0.1) is 30.2 Å². The maximum absolute atomic E-state index is 13.1. The summed E-state index contributed by atoms with van der Waals surface area (Å²) in [5.74, 6) is -0.756. The minimum Gasteiger partial charge on any atom is -0.466 e. The Morgan fingerprint density at radius 3 is 2.45 bits per heavy atom. The summed E-state index contributed by atoms with van der Waals surface area (Å²) in [6, 6.07) is 4.02. The quantitative estimate of drug-likeness (QED) is 0.616. The van der Waals surface area contributed by atoms with Crippen molar-refractivity contribution >= 4 is 21.9 Å². The van der Waals surface area contributed by atoms with Crippen LogP contribution in [0.5, 0.6) is 0 Å². The van der Waals surface area contributed by atoms with E-state index in [2.05, 4.69) is 20.7 Å². The molecule has 0 bridgehead atoms. The first-order valence-corrected chi connectivity index (χ1v) is 6.80. The van der Waals surface area contributed by atoms with Crippen molar-refractivity contribution in [3.63, 3.8) is 0 Å². The van der Waals surface area contributed by atoms with Gasteiger partial charge in [-0.15, -0.1) is 0 Å². The van der Waals surface area contributed by atoms with Crippen molar-refractivity contribution in [2.24, 2.45) is 0 Å². The number of esters is 1. The average Bonchev–Trinajstić information content (AvgIpc) is 2.36. The van der Waals surface area contributed by atoms with E-state index in [1.54, 1.807) is 13.0 Å². The highest BCUT2D eigenvalue weighted by Crippen LogP contribution is 2.36. The molecule has 0 atom stereocenters. The molecule has 20 heavy (non-hydrogen) atoms. The molecule has 0 aliphatic heterocycles. The van der Waals surface area contributed by atoms with Gasteiger partial charge in [0.1, 0.15) is 0 Å². The highest BCUT2D eigenvalue weighted by molar-refractivity contribution is 9.08. The third-order valence-corrected chi connectivity index (χ3v) is 3.10. The van der Waals surface area contributed by atoms with Crippen LogP contribution in [0, 0.1) is 11.3 Å². The number of benzene rings is 1. The first-order valence-electron chi connectivity index (χ1n) is 5.68. The van der Waals surface area contributed by atoms with E-state index < -0.39 is 24.1 Å². The molecule has 1 aromatic carbocycles. The average molecular weight is 350 g/mol. The van der Waals surface area contributed by atoms with Crippen LogP contribution in [0.3, 0.4) is 0 Å². The van der Waals surface area contributed by atoms with E-state index in [1.807, 2.05) is 0 Å². The molecule has 0 saturated heterocycles. The zero-order valence-corrected chi connectivity index (χ0v) is 12.1. The van der Waals surface area contributed by atoms with Crippen molar-refractivity contribution in [2.45, 2.75) is 24.9 Å². The predicted molar refractivity (Wildman–Crippen MR) is 69.1 cm³/mol. The summed E-state index contributed by atoms with van der Waals surface area (Å²) in [6.45, 7) is 1.65. The van der Waals surface area contributed by atoms with Gasteiger partial charge in [-0.25, -0.2) is 0 Å². The third kappa shape index (κ3) is 3.97. The van der Waals surface area contributed by atoms with Crippen LogP contribution in [0.15, 0.2) is 12.1 Å². The lowest BCUT2D eigenvalue weighted by atomic mass is 9.96. The van der Waals surface area contributed by atoms with E-state index in [0.717, 1.165) is 12.1 Å². The maximum Gasteiger partial charge on any atom is 0.416 e. The Bertz CT molecular complexity index is 550. The standard InChI is InChI=1S/C13H11BrF3NO2/c1-2-20-11(19)5-9-3-8(7-18)4-10(6-14)12(9)13(15,16)17/h3-4H,2,5-6H2,1H3. The molecule has 0 radical (unpaired) electrons. The van der Waals surface area contributed by atoms with E-state index in [1.165, 1.54) is 0 Å². The SMILES string of the molecule is CCOC(=O)Cc1cc(C#N)cc(CBr)c1C(F)(F)F. The molecule has 0 aliphatic rings. The Hall–Kier alpha value is -1.55. The van der Waals surface area contributed by atoms with Crippen molar-refractivity contribution in [3.05, 3.63) is 34.4 Å². The van der Waals surface area contributed by atoms with Crippen LogP contribution in [0.25, 0.3) is 0 Å². The molecule has 0 unspecified atom stereocenters. The lowest BCUT2D eigenvalue weighted by Gasteiger charge is -2.16. The van der Waals surface area contributed by atoms with Gasteiger partial charge in [-0.1, -0.05) is 15.9 Å². The molecule has 3 nitrogen and oxygen atoms in total. The summed E-state index contributed by atoms with van der Waals surface area (Å²) in [7, 11) is 0. The van der Waals surface area contributed by atoms with Gasteiger partial charge in [-0.05, 0) is 30.2 Å². The van der Waals surface area contributed by atoms with Gasteiger partial charge < -0.3 is 4.74 Å². The van der Waals surface area contributed by atoms with Crippen LogP contribution >= 0.6 is 15.9 Å². The fourth-order valence-electron chi connectivity index (χ4n) is 1.81. The summed E-state index contributed by atoms with van der Waals surface area (Å²) in [4.78, 5) is 11.4. The number of hydrogen-bond acceptors (Lipinski definition) is 3. The molecule has 108 valence electrons. The molecule has 7 heteroatoms. The number of alkyl halides is 4. The molecule has 0 amide bonds. The fraction of sp³-hybridized carbons (Fsp3) is 0.385. The molecule has 0 aliphatic carbocycles.